The average Bonchev–Trinajstić information content (AvgIpc) is 2.20. The zero-order valence-electron chi connectivity index (χ0n) is 9.21. The molecule has 0 fully saturated rings. The number of aryl methyl sites for hydroxylation is 1. The molecule has 0 spiro atoms. The molecule has 15 heavy (non-hydrogen) atoms. The summed E-state index contributed by atoms with van der Waals surface area (Å²) in [6.07, 6.45) is 5.04. The Morgan fingerprint density at radius 3 is 2.67 bits per heavy atom. The second kappa shape index (κ2) is 6.49. The third-order valence-electron chi connectivity index (χ3n) is 2.42. The van der Waals surface area contributed by atoms with Gasteiger partial charge in [0.05, 0.1) is 0 Å². The lowest BCUT2D eigenvalue weighted by atomic mass is 10.0. The summed E-state index contributed by atoms with van der Waals surface area (Å²) in [6, 6.07) is 4.09. The first-order valence-electron chi connectivity index (χ1n) is 5.34. The van der Waals surface area contributed by atoms with Crippen molar-refractivity contribution in [2.75, 3.05) is 0 Å². The van der Waals surface area contributed by atoms with E-state index in [1.807, 2.05) is 12.3 Å². The van der Waals surface area contributed by atoms with Gasteiger partial charge in [0.1, 0.15) is 0 Å². The first kappa shape index (κ1) is 13.0. The van der Waals surface area contributed by atoms with E-state index < -0.39 is 0 Å². The number of nitrogens with zero attached hydrogens (tertiary/aromatic N) is 1. The van der Waals surface area contributed by atoms with Gasteiger partial charge in [-0.15, -0.1) is 11.6 Å². The standard InChI is InChI=1S/C12H17BrClN/c1-9(2)12(14)5-3-4-11-7-6-10(13)8-15-11/h6-9,12H,3-5H2,1-2H3. The van der Waals surface area contributed by atoms with E-state index in [0.29, 0.717) is 11.3 Å². The molecule has 1 atom stereocenters. The molecule has 0 N–H and O–H groups in total. The van der Waals surface area contributed by atoms with Crippen molar-refractivity contribution < 1.29 is 0 Å². The maximum Gasteiger partial charge on any atom is 0.0413 e. The predicted octanol–water partition coefficient (Wildman–Crippen LogP) is 4.43. The van der Waals surface area contributed by atoms with Crippen LogP contribution in [0.5, 0.6) is 0 Å². The van der Waals surface area contributed by atoms with Crippen LogP contribution in [0.15, 0.2) is 22.8 Å². The minimum absolute atomic E-state index is 0.292. The summed E-state index contributed by atoms with van der Waals surface area (Å²) in [6.45, 7) is 4.32. The lowest BCUT2D eigenvalue weighted by molar-refractivity contribution is 0.545. The number of alkyl halides is 1. The van der Waals surface area contributed by atoms with Gasteiger partial charge in [0, 0.05) is 21.7 Å². The van der Waals surface area contributed by atoms with E-state index in [1.54, 1.807) is 0 Å². The molecule has 0 aliphatic rings. The van der Waals surface area contributed by atoms with Gasteiger partial charge < -0.3 is 0 Å². The highest BCUT2D eigenvalue weighted by Gasteiger charge is 2.08. The van der Waals surface area contributed by atoms with Crippen LogP contribution in [0.4, 0.5) is 0 Å². The van der Waals surface area contributed by atoms with Crippen molar-refractivity contribution >= 4 is 27.5 Å². The number of aromatic nitrogens is 1. The molecule has 1 heterocycles. The molecule has 1 nitrogen and oxygen atoms in total. The van der Waals surface area contributed by atoms with E-state index in [-0.39, 0.29) is 0 Å². The van der Waals surface area contributed by atoms with Crippen LogP contribution in [0.25, 0.3) is 0 Å². The van der Waals surface area contributed by atoms with E-state index in [4.69, 9.17) is 11.6 Å². The van der Waals surface area contributed by atoms with Gasteiger partial charge in [0.15, 0.2) is 0 Å². The van der Waals surface area contributed by atoms with Crippen molar-refractivity contribution in [1.82, 2.24) is 4.98 Å². The fraction of sp³-hybridized carbons (Fsp3) is 0.583. The maximum atomic E-state index is 6.18. The molecule has 0 saturated heterocycles. The third-order valence-corrected chi connectivity index (χ3v) is 3.62. The molecule has 1 aromatic heterocycles. The van der Waals surface area contributed by atoms with Crippen LogP contribution < -0.4 is 0 Å². The third kappa shape index (κ3) is 4.98. The lowest BCUT2D eigenvalue weighted by Gasteiger charge is -2.12. The van der Waals surface area contributed by atoms with Crippen LogP contribution in [-0.4, -0.2) is 10.4 Å². The molecule has 0 aliphatic carbocycles. The Morgan fingerprint density at radius 2 is 2.13 bits per heavy atom. The highest BCUT2D eigenvalue weighted by Crippen LogP contribution is 2.17. The number of hydrogen-bond acceptors (Lipinski definition) is 1. The van der Waals surface area contributed by atoms with Gasteiger partial charge in [0.25, 0.3) is 0 Å². The van der Waals surface area contributed by atoms with Crippen molar-refractivity contribution in [3.63, 3.8) is 0 Å². The maximum absolute atomic E-state index is 6.18. The molecule has 1 aromatic rings. The average molecular weight is 291 g/mol. The summed E-state index contributed by atoms with van der Waals surface area (Å²) in [5.74, 6) is 0.560. The quantitative estimate of drug-likeness (QED) is 0.731. The van der Waals surface area contributed by atoms with Crippen LogP contribution in [-0.2, 0) is 6.42 Å². The molecule has 0 bridgehead atoms. The molecular weight excluding hydrogens is 273 g/mol. The molecule has 0 amide bonds. The second-order valence-corrected chi connectivity index (χ2v) is 5.60. The van der Waals surface area contributed by atoms with Crippen LogP contribution >= 0.6 is 27.5 Å². The summed E-state index contributed by atoms with van der Waals surface area (Å²) in [7, 11) is 0. The molecule has 0 saturated carbocycles. The van der Waals surface area contributed by atoms with Gasteiger partial charge in [-0.05, 0) is 53.2 Å². The van der Waals surface area contributed by atoms with Crippen molar-refractivity contribution in [2.24, 2.45) is 5.92 Å². The highest BCUT2D eigenvalue weighted by atomic mass is 79.9. The Balaban J connectivity index is 2.29. The normalized spacial score (nSPS) is 13.1. The van der Waals surface area contributed by atoms with Gasteiger partial charge in [-0.3, -0.25) is 4.98 Å². The Kier molecular flexibility index (Phi) is 5.62. The lowest BCUT2D eigenvalue weighted by Crippen LogP contribution is -2.07. The van der Waals surface area contributed by atoms with Gasteiger partial charge in [-0.1, -0.05) is 13.8 Å². The van der Waals surface area contributed by atoms with E-state index in [2.05, 4.69) is 40.8 Å². The summed E-state index contributed by atoms with van der Waals surface area (Å²) in [5, 5.41) is 0.292. The Labute approximate surface area is 105 Å². The Hall–Kier alpha value is -0.0800. The minimum Gasteiger partial charge on any atom is -0.260 e. The predicted molar refractivity (Wildman–Crippen MR) is 69.4 cm³/mol. The summed E-state index contributed by atoms with van der Waals surface area (Å²) in [4.78, 5) is 4.33. The monoisotopic (exact) mass is 289 g/mol. The number of halogens is 2. The first-order valence-corrected chi connectivity index (χ1v) is 6.57. The molecule has 1 unspecified atom stereocenters. The zero-order valence-corrected chi connectivity index (χ0v) is 11.6. The summed E-state index contributed by atoms with van der Waals surface area (Å²) < 4.78 is 1.03. The van der Waals surface area contributed by atoms with E-state index >= 15 is 0 Å². The minimum atomic E-state index is 0.292. The molecule has 0 aromatic carbocycles. The molecule has 3 heteroatoms. The van der Waals surface area contributed by atoms with Crippen LogP contribution in [0.2, 0.25) is 0 Å². The number of rotatable bonds is 5. The number of hydrogen-bond donors (Lipinski definition) is 0. The van der Waals surface area contributed by atoms with Gasteiger partial charge in [0.2, 0.25) is 0 Å². The van der Waals surface area contributed by atoms with Crippen LogP contribution in [0.1, 0.15) is 32.4 Å². The molecule has 0 aliphatic heterocycles. The van der Waals surface area contributed by atoms with Gasteiger partial charge in [-0.2, -0.15) is 0 Å². The molecule has 1 rings (SSSR count). The molecule has 0 radical (unpaired) electrons. The van der Waals surface area contributed by atoms with Crippen molar-refractivity contribution in [3.8, 4) is 0 Å². The SMILES string of the molecule is CC(C)C(Cl)CCCc1ccc(Br)cn1. The fourth-order valence-corrected chi connectivity index (χ4v) is 1.75. The largest absolute Gasteiger partial charge is 0.260 e. The Bertz CT molecular complexity index is 284. The van der Waals surface area contributed by atoms with Crippen molar-refractivity contribution in [2.45, 2.75) is 38.5 Å². The summed E-state index contributed by atoms with van der Waals surface area (Å²) >= 11 is 9.55. The van der Waals surface area contributed by atoms with E-state index in [9.17, 15) is 0 Å². The smallest absolute Gasteiger partial charge is 0.0413 e. The summed E-state index contributed by atoms with van der Waals surface area (Å²) in [5.41, 5.74) is 1.14. The molecular formula is C12H17BrClN. The van der Waals surface area contributed by atoms with Gasteiger partial charge >= 0.3 is 0 Å². The van der Waals surface area contributed by atoms with Crippen LogP contribution in [0.3, 0.4) is 0 Å². The Morgan fingerprint density at radius 1 is 1.40 bits per heavy atom. The number of pyridine rings is 1. The van der Waals surface area contributed by atoms with E-state index in [0.717, 1.165) is 29.4 Å². The zero-order chi connectivity index (χ0) is 11.3. The van der Waals surface area contributed by atoms with Gasteiger partial charge in [-0.25, -0.2) is 0 Å². The van der Waals surface area contributed by atoms with Crippen molar-refractivity contribution in [1.29, 1.82) is 0 Å². The first-order chi connectivity index (χ1) is 7.09. The topological polar surface area (TPSA) is 12.9 Å². The van der Waals surface area contributed by atoms with Crippen molar-refractivity contribution in [3.05, 3.63) is 28.5 Å². The van der Waals surface area contributed by atoms with E-state index in [1.165, 1.54) is 0 Å². The van der Waals surface area contributed by atoms with Crippen LogP contribution in [0, 0.1) is 5.92 Å². The highest BCUT2D eigenvalue weighted by molar-refractivity contribution is 9.10. The fourth-order valence-electron chi connectivity index (χ4n) is 1.37. The second-order valence-electron chi connectivity index (χ2n) is 4.12. The molecule has 84 valence electrons.